The molecule has 1 unspecified atom stereocenters. The zero-order valence-corrected chi connectivity index (χ0v) is 21.4. The third kappa shape index (κ3) is 3.24. The molecule has 2 aliphatic rings. The fourth-order valence-electron chi connectivity index (χ4n) is 6.32. The van der Waals surface area contributed by atoms with E-state index in [1.807, 2.05) is 0 Å². The van der Waals surface area contributed by atoms with Crippen LogP contribution < -0.4 is 9.64 Å². The summed E-state index contributed by atoms with van der Waals surface area (Å²) in [5.41, 5.74) is 6.06. The van der Waals surface area contributed by atoms with Crippen LogP contribution in [0.25, 0.3) is 21.5 Å². The Bertz CT molecular complexity index is 1770. The fourth-order valence-corrected chi connectivity index (χ4v) is 6.32. The molecule has 3 nitrogen and oxygen atoms in total. The van der Waals surface area contributed by atoms with E-state index in [1.165, 1.54) is 38.7 Å². The summed E-state index contributed by atoms with van der Waals surface area (Å²) in [4.78, 5) is 2.17. The highest BCUT2D eigenvalue weighted by Crippen LogP contribution is 2.48. The van der Waals surface area contributed by atoms with Crippen molar-refractivity contribution in [2.45, 2.75) is 18.8 Å². The van der Waals surface area contributed by atoms with Crippen LogP contribution in [0.15, 0.2) is 115 Å². The average molecular weight is 482 g/mol. The van der Waals surface area contributed by atoms with Crippen molar-refractivity contribution in [3.63, 3.8) is 0 Å². The number of allylic oxidation sites excluding steroid dienone is 1. The minimum Gasteiger partial charge on any atom is -0.438 e. The Labute approximate surface area is 217 Å². The molecule has 0 bridgehead atoms. The standard InChI is InChI=1S/C34H29N2O/c1-34(22-23-11-5-4-6-12-23)30(35(2)28-19-17-24-13-7-9-15-26(24)32(28)34)21-31-36(3)29-20-18-25-14-8-10-16-27(25)33(29)37-31/h4-21H,22H2,1-3H3/q+1. The summed E-state index contributed by atoms with van der Waals surface area (Å²) >= 11 is 0. The van der Waals surface area contributed by atoms with Gasteiger partial charge in [0.2, 0.25) is 11.6 Å². The third-order valence-electron chi connectivity index (χ3n) is 8.16. The van der Waals surface area contributed by atoms with Crippen LogP contribution in [0.4, 0.5) is 11.4 Å². The second-order valence-electron chi connectivity index (χ2n) is 10.4. The molecule has 5 aromatic carbocycles. The van der Waals surface area contributed by atoms with Crippen molar-refractivity contribution in [2.24, 2.45) is 0 Å². The predicted molar refractivity (Wildman–Crippen MR) is 153 cm³/mol. The largest absolute Gasteiger partial charge is 0.438 e. The minimum absolute atomic E-state index is 0.236. The van der Waals surface area contributed by atoms with Gasteiger partial charge >= 0.3 is 0 Å². The van der Waals surface area contributed by atoms with Crippen LogP contribution in [0.3, 0.4) is 0 Å². The molecule has 5 aromatic rings. The number of ether oxygens (including phenoxy) is 1. The first kappa shape index (κ1) is 21.9. The Morgan fingerprint density at radius 1 is 0.784 bits per heavy atom. The molecule has 0 aliphatic carbocycles. The van der Waals surface area contributed by atoms with Gasteiger partial charge in [0, 0.05) is 24.1 Å². The molecule has 0 saturated heterocycles. The summed E-state index contributed by atoms with van der Waals surface area (Å²) in [6, 6.07) is 36.9. The van der Waals surface area contributed by atoms with E-state index in [9.17, 15) is 0 Å². The highest BCUT2D eigenvalue weighted by Gasteiger charge is 2.48. The predicted octanol–water partition coefficient (Wildman–Crippen LogP) is 7.59. The highest BCUT2D eigenvalue weighted by atomic mass is 16.5. The number of hydrogen-bond acceptors (Lipinski definition) is 2. The molecule has 0 radical (unpaired) electrons. The van der Waals surface area contributed by atoms with Crippen LogP contribution >= 0.6 is 0 Å². The molecule has 0 saturated carbocycles. The first-order valence-corrected chi connectivity index (χ1v) is 12.9. The van der Waals surface area contributed by atoms with E-state index >= 15 is 0 Å². The van der Waals surface area contributed by atoms with Crippen LogP contribution in [0.5, 0.6) is 5.75 Å². The molecule has 0 spiro atoms. The topological polar surface area (TPSA) is 15.5 Å². The monoisotopic (exact) mass is 481 g/mol. The average Bonchev–Trinajstić information content (AvgIpc) is 3.36. The number of fused-ring (bicyclic) bond motifs is 6. The van der Waals surface area contributed by atoms with Crippen molar-refractivity contribution in [1.82, 2.24) is 0 Å². The SMILES string of the molecule is CN1/C(=C/C2=[N+](C)c3ccc4ccccc4c3C2(C)Cc2ccccc2)Oc2c1ccc1ccccc21. The van der Waals surface area contributed by atoms with Gasteiger partial charge in [-0.15, -0.1) is 0 Å². The maximum Gasteiger partial charge on any atom is 0.210 e. The lowest BCUT2D eigenvalue weighted by atomic mass is 9.73. The number of rotatable bonds is 3. The van der Waals surface area contributed by atoms with Crippen molar-refractivity contribution >= 4 is 38.6 Å². The first-order valence-electron chi connectivity index (χ1n) is 12.9. The van der Waals surface area contributed by atoms with Crippen LogP contribution in [-0.4, -0.2) is 24.4 Å². The van der Waals surface area contributed by atoms with Crippen LogP contribution in [0, 0.1) is 0 Å². The minimum atomic E-state index is -0.236. The van der Waals surface area contributed by atoms with E-state index in [2.05, 4.69) is 140 Å². The van der Waals surface area contributed by atoms with Gasteiger partial charge in [-0.2, -0.15) is 4.58 Å². The van der Waals surface area contributed by atoms with Gasteiger partial charge in [0.25, 0.3) is 0 Å². The quantitative estimate of drug-likeness (QED) is 0.247. The first-order chi connectivity index (χ1) is 18.0. The molecular formula is C34H29N2O+. The lowest BCUT2D eigenvalue weighted by Gasteiger charge is -2.24. The van der Waals surface area contributed by atoms with Gasteiger partial charge in [-0.1, -0.05) is 84.9 Å². The molecular weight excluding hydrogens is 452 g/mol. The molecule has 0 fully saturated rings. The molecule has 0 N–H and O–H groups in total. The van der Waals surface area contributed by atoms with Crippen molar-refractivity contribution in [1.29, 1.82) is 0 Å². The number of nitrogens with zero attached hydrogens (tertiary/aromatic N) is 2. The molecule has 1 atom stereocenters. The summed E-state index contributed by atoms with van der Waals surface area (Å²) in [6.45, 7) is 2.39. The second-order valence-corrected chi connectivity index (χ2v) is 10.4. The molecule has 3 heteroatoms. The van der Waals surface area contributed by atoms with Gasteiger partial charge in [-0.25, -0.2) is 0 Å². The lowest BCUT2D eigenvalue weighted by molar-refractivity contribution is -0.401. The second kappa shape index (κ2) is 8.07. The summed E-state index contributed by atoms with van der Waals surface area (Å²) in [7, 11) is 4.28. The number of anilines is 1. The van der Waals surface area contributed by atoms with Crippen LogP contribution in [-0.2, 0) is 11.8 Å². The van der Waals surface area contributed by atoms with Gasteiger partial charge in [0.15, 0.2) is 11.5 Å². The lowest BCUT2D eigenvalue weighted by Crippen LogP contribution is -2.34. The van der Waals surface area contributed by atoms with Crippen LogP contribution in [0.1, 0.15) is 18.1 Å². The number of hydrogen-bond donors (Lipinski definition) is 0. The smallest absolute Gasteiger partial charge is 0.210 e. The van der Waals surface area contributed by atoms with Gasteiger partial charge in [0.05, 0.1) is 17.2 Å². The Balaban J connectivity index is 1.41. The molecule has 180 valence electrons. The Hall–Kier alpha value is -4.37. The van der Waals surface area contributed by atoms with Crippen LogP contribution in [0.2, 0.25) is 0 Å². The van der Waals surface area contributed by atoms with E-state index in [4.69, 9.17) is 4.74 Å². The third-order valence-corrected chi connectivity index (χ3v) is 8.16. The maximum absolute atomic E-state index is 6.61. The maximum atomic E-state index is 6.61. The van der Waals surface area contributed by atoms with Crippen molar-refractivity contribution < 1.29 is 9.31 Å². The molecule has 7 rings (SSSR count). The van der Waals surface area contributed by atoms with Gasteiger partial charge < -0.3 is 9.64 Å². The Morgan fingerprint density at radius 3 is 2.22 bits per heavy atom. The summed E-state index contributed by atoms with van der Waals surface area (Å²) < 4.78 is 8.97. The van der Waals surface area contributed by atoms with Crippen molar-refractivity contribution in [3.8, 4) is 5.75 Å². The fraction of sp³-hybridized carbons (Fsp3) is 0.147. The normalized spacial score (nSPS) is 19.5. The zero-order valence-electron chi connectivity index (χ0n) is 21.4. The van der Waals surface area contributed by atoms with E-state index in [0.29, 0.717) is 0 Å². The van der Waals surface area contributed by atoms with E-state index in [-0.39, 0.29) is 5.41 Å². The summed E-state index contributed by atoms with van der Waals surface area (Å²) in [6.07, 6.45) is 3.16. The molecule has 2 aliphatic heterocycles. The Kier molecular flexibility index (Phi) is 4.77. The van der Waals surface area contributed by atoms with E-state index in [0.717, 1.165) is 29.1 Å². The van der Waals surface area contributed by atoms with E-state index < -0.39 is 0 Å². The summed E-state index contributed by atoms with van der Waals surface area (Å²) in [5.74, 6) is 1.78. The molecule has 0 amide bonds. The van der Waals surface area contributed by atoms with Gasteiger partial charge in [-0.3, -0.25) is 0 Å². The molecule has 2 heterocycles. The molecule has 0 aromatic heterocycles. The van der Waals surface area contributed by atoms with Gasteiger partial charge in [-0.05, 0) is 47.2 Å². The van der Waals surface area contributed by atoms with Crippen molar-refractivity contribution in [2.75, 3.05) is 19.0 Å². The Morgan fingerprint density at radius 2 is 1.43 bits per heavy atom. The van der Waals surface area contributed by atoms with Crippen molar-refractivity contribution in [3.05, 3.63) is 126 Å². The van der Waals surface area contributed by atoms with E-state index in [1.54, 1.807) is 0 Å². The molecule has 37 heavy (non-hydrogen) atoms. The van der Waals surface area contributed by atoms with Gasteiger partial charge in [0.1, 0.15) is 7.05 Å². The highest BCUT2D eigenvalue weighted by molar-refractivity contribution is 6.09. The number of benzene rings is 5. The zero-order chi connectivity index (χ0) is 25.1. The summed E-state index contributed by atoms with van der Waals surface area (Å²) in [5, 5.41) is 4.92.